The van der Waals surface area contributed by atoms with Crippen LogP contribution in [0.1, 0.15) is 25.3 Å². The molecule has 0 radical (unpaired) electrons. The van der Waals surface area contributed by atoms with E-state index in [9.17, 15) is 30.0 Å². The molecule has 1 aromatic rings. The molecule has 12 heteroatoms. The molecule has 0 aliphatic carbocycles. The molecule has 0 spiro atoms. The molecule has 1 N–H and O–H groups in total. The lowest BCUT2D eigenvalue weighted by atomic mass is 10.1. The molecule has 1 atom stereocenters. The first-order chi connectivity index (χ1) is 11.9. The molecule has 26 heavy (non-hydrogen) atoms. The molecule has 0 aromatic heterocycles. The Morgan fingerprint density at radius 2 is 1.88 bits per heavy atom. The third-order valence-electron chi connectivity index (χ3n) is 4.30. The molecule has 1 unspecified atom stereocenters. The summed E-state index contributed by atoms with van der Waals surface area (Å²) < 4.78 is 89.5. The van der Waals surface area contributed by atoms with Gasteiger partial charge in [0.2, 0.25) is 0 Å². The van der Waals surface area contributed by atoms with E-state index in [2.05, 4.69) is 0 Å². The highest BCUT2D eigenvalue weighted by atomic mass is 32.2. The largest absolute Gasteiger partial charge is 0.516 e. The first-order valence-electron chi connectivity index (χ1n) is 7.80. The van der Waals surface area contributed by atoms with Crippen molar-refractivity contribution in [3.05, 3.63) is 29.8 Å². The smallest absolute Gasteiger partial charge is 0.276 e. The zero-order valence-corrected chi connectivity index (χ0v) is 15.8. The van der Waals surface area contributed by atoms with Gasteiger partial charge in [-0.2, -0.15) is 38.6 Å². The van der Waals surface area contributed by atoms with Crippen molar-refractivity contribution < 1.29 is 30.0 Å². The summed E-state index contributed by atoms with van der Waals surface area (Å²) in [5, 5.41) is 0. The Balaban J connectivity index is 2.29. The standard InChI is InChI=1S/C14H20F3N3O4S2/c1-3-12-8-9-20(26(23,24)19(12)2)10-11-6-4-5-7-13(11)18-25(21,22)14(15,16)17/h4-7,12,18H,3,8-10H2,1-2H3. The molecule has 1 fully saturated rings. The van der Waals surface area contributed by atoms with Crippen LogP contribution < -0.4 is 4.72 Å². The van der Waals surface area contributed by atoms with Crippen LogP contribution in [0, 0.1) is 0 Å². The maximum atomic E-state index is 12.6. The quantitative estimate of drug-likeness (QED) is 0.798. The van der Waals surface area contributed by atoms with E-state index >= 15 is 0 Å². The number of benzene rings is 1. The van der Waals surface area contributed by atoms with Crippen LogP contribution >= 0.6 is 0 Å². The predicted molar refractivity (Wildman–Crippen MR) is 90.8 cm³/mol. The number of para-hydroxylation sites is 1. The first kappa shape index (κ1) is 20.9. The number of hydrogen-bond acceptors (Lipinski definition) is 4. The van der Waals surface area contributed by atoms with Crippen molar-refractivity contribution in [1.29, 1.82) is 0 Å². The fraction of sp³-hybridized carbons (Fsp3) is 0.571. The molecular formula is C14H20F3N3O4S2. The number of halogens is 3. The first-order valence-corrected chi connectivity index (χ1v) is 10.7. The molecule has 1 aromatic carbocycles. The van der Waals surface area contributed by atoms with Crippen LogP contribution in [0.2, 0.25) is 0 Å². The van der Waals surface area contributed by atoms with Gasteiger partial charge in [-0.15, -0.1) is 0 Å². The molecular weight excluding hydrogens is 395 g/mol. The molecule has 2 rings (SSSR count). The second-order valence-corrected chi connectivity index (χ2v) is 9.58. The normalized spacial score (nSPS) is 22.3. The van der Waals surface area contributed by atoms with E-state index in [4.69, 9.17) is 0 Å². The van der Waals surface area contributed by atoms with Gasteiger partial charge in [-0.25, -0.2) is 0 Å². The van der Waals surface area contributed by atoms with Crippen LogP contribution in [-0.2, 0) is 26.8 Å². The third-order valence-corrected chi connectivity index (χ3v) is 7.39. The summed E-state index contributed by atoms with van der Waals surface area (Å²) in [4.78, 5) is 0. The van der Waals surface area contributed by atoms with Gasteiger partial charge in [-0.05, 0) is 24.5 Å². The van der Waals surface area contributed by atoms with Gasteiger partial charge in [0.15, 0.2) is 0 Å². The van der Waals surface area contributed by atoms with Crippen LogP contribution in [0.3, 0.4) is 0 Å². The molecule has 1 heterocycles. The van der Waals surface area contributed by atoms with Gasteiger partial charge >= 0.3 is 15.5 Å². The highest BCUT2D eigenvalue weighted by molar-refractivity contribution is 7.93. The van der Waals surface area contributed by atoms with E-state index < -0.39 is 25.7 Å². The predicted octanol–water partition coefficient (Wildman–Crippen LogP) is 2.11. The number of nitrogens with zero attached hydrogens (tertiary/aromatic N) is 2. The van der Waals surface area contributed by atoms with Crippen molar-refractivity contribution in [1.82, 2.24) is 8.61 Å². The highest BCUT2D eigenvalue weighted by Crippen LogP contribution is 2.29. The number of rotatable bonds is 5. The van der Waals surface area contributed by atoms with E-state index in [1.807, 2.05) is 6.92 Å². The molecule has 1 aliphatic heterocycles. The van der Waals surface area contributed by atoms with Crippen molar-refractivity contribution in [3.63, 3.8) is 0 Å². The summed E-state index contributed by atoms with van der Waals surface area (Å²) in [6.07, 6.45) is 1.22. The van der Waals surface area contributed by atoms with Gasteiger partial charge in [-0.1, -0.05) is 25.1 Å². The van der Waals surface area contributed by atoms with Crippen molar-refractivity contribution in [3.8, 4) is 0 Å². The van der Waals surface area contributed by atoms with E-state index in [1.54, 1.807) is 0 Å². The molecule has 7 nitrogen and oxygen atoms in total. The average molecular weight is 415 g/mol. The van der Waals surface area contributed by atoms with Gasteiger partial charge < -0.3 is 0 Å². The van der Waals surface area contributed by atoms with Crippen molar-refractivity contribution >= 4 is 25.9 Å². The van der Waals surface area contributed by atoms with E-state index in [1.165, 1.54) is 34.3 Å². The number of anilines is 1. The molecule has 0 bridgehead atoms. The number of nitrogens with one attached hydrogen (secondary N) is 1. The van der Waals surface area contributed by atoms with E-state index in [0.29, 0.717) is 12.8 Å². The van der Waals surface area contributed by atoms with E-state index in [-0.39, 0.29) is 30.4 Å². The Kier molecular flexibility index (Phi) is 5.90. The fourth-order valence-electron chi connectivity index (χ4n) is 2.73. The minimum absolute atomic E-state index is 0.132. The lowest BCUT2D eigenvalue weighted by Gasteiger charge is -2.38. The zero-order valence-electron chi connectivity index (χ0n) is 14.2. The number of hydrogen-bond donors (Lipinski definition) is 1. The Morgan fingerprint density at radius 3 is 2.46 bits per heavy atom. The Bertz CT molecular complexity index is 856. The molecule has 148 valence electrons. The van der Waals surface area contributed by atoms with Crippen molar-refractivity contribution in [2.75, 3.05) is 18.3 Å². The summed E-state index contributed by atoms with van der Waals surface area (Å²) in [5.41, 5.74) is -5.64. The highest BCUT2D eigenvalue weighted by Gasteiger charge is 2.46. The second kappa shape index (κ2) is 7.33. The van der Waals surface area contributed by atoms with Crippen molar-refractivity contribution in [2.45, 2.75) is 37.9 Å². The number of alkyl halides is 3. The summed E-state index contributed by atoms with van der Waals surface area (Å²) in [6, 6.07) is 5.26. The summed E-state index contributed by atoms with van der Waals surface area (Å²) in [5.74, 6) is 0. The van der Waals surface area contributed by atoms with Crippen LogP contribution in [0.15, 0.2) is 24.3 Å². The minimum Gasteiger partial charge on any atom is -0.276 e. The van der Waals surface area contributed by atoms with Crippen LogP contribution in [-0.4, -0.2) is 50.6 Å². The summed E-state index contributed by atoms with van der Waals surface area (Å²) >= 11 is 0. The van der Waals surface area contributed by atoms with Gasteiger partial charge in [0, 0.05) is 26.2 Å². The fourth-order valence-corrected chi connectivity index (χ4v) is 4.97. The summed E-state index contributed by atoms with van der Waals surface area (Å²) in [7, 11) is -7.93. The van der Waals surface area contributed by atoms with E-state index in [0.717, 1.165) is 10.4 Å². The van der Waals surface area contributed by atoms with Gasteiger partial charge in [0.25, 0.3) is 10.2 Å². The van der Waals surface area contributed by atoms with Gasteiger partial charge in [0.1, 0.15) is 0 Å². The molecule has 1 aliphatic rings. The van der Waals surface area contributed by atoms with Gasteiger partial charge in [-0.3, -0.25) is 4.72 Å². The maximum absolute atomic E-state index is 12.6. The lowest BCUT2D eigenvalue weighted by Crippen LogP contribution is -2.52. The summed E-state index contributed by atoms with van der Waals surface area (Å²) in [6.45, 7) is 1.83. The van der Waals surface area contributed by atoms with Crippen LogP contribution in [0.5, 0.6) is 0 Å². The van der Waals surface area contributed by atoms with Gasteiger partial charge in [0.05, 0.1) is 5.69 Å². The second-order valence-electron chi connectivity index (χ2n) is 5.92. The topological polar surface area (TPSA) is 86.8 Å². The molecule has 1 saturated heterocycles. The number of sulfonamides is 1. The van der Waals surface area contributed by atoms with Crippen LogP contribution in [0.25, 0.3) is 0 Å². The van der Waals surface area contributed by atoms with Crippen LogP contribution in [0.4, 0.5) is 18.9 Å². The molecule has 0 saturated carbocycles. The monoisotopic (exact) mass is 415 g/mol. The Labute approximate surface area is 151 Å². The zero-order chi connectivity index (χ0) is 19.8. The van der Waals surface area contributed by atoms with Crippen molar-refractivity contribution in [2.24, 2.45) is 0 Å². The average Bonchev–Trinajstić information content (AvgIpc) is 2.53. The lowest BCUT2D eigenvalue weighted by molar-refractivity contribution is -0.0429. The Hall–Kier alpha value is -1.37. The SMILES string of the molecule is CCC1CCN(Cc2ccccc2NS(=O)(=O)C(F)(F)F)S(=O)(=O)N1C. The molecule has 0 amide bonds. The third kappa shape index (κ3) is 4.13. The minimum atomic E-state index is -5.59. The maximum Gasteiger partial charge on any atom is 0.516 e. The Morgan fingerprint density at radius 1 is 1.27 bits per heavy atom.